The molecule has 0 saturated carbocycles. The molecule has 3 heterocycles. The lowest BCUT2D eigenvalue weighted by atomic mass is 10.3. The molecule has 0 saturated heterocycles. The standard InChI is InChI=1S/C15H14N4O3S/c1-10-4-5-19-12(7-10)17-14(18-15(19)21)23-9-13(20)16-8-11-3-2-6-22-11/h2-7H,8-9H2,1H3,(H,16,20). The van der Waals surface area contributed by atoms with Crippen LogP contribution in [0.4, 0.5) is 0 Å². The van der Waals surface area contributed by atoms with E-state index in [0.29, 0.717) is 18.0 Å². The summed E-state index contributed by atoms with van der Waals surface area (Å²) in [4.78, 5) is 31.9. The summed E-state index contributed by atoms with van der Waals surface area (Å²) >= 11 is 1.12. The summed E-state index contributed by atoms with van der Waals surface area (Å²) in [5.74, 6) is 0.626. The van der Waals surface area contributed by atoms with Gasteiger partial charge in [0.2, 0.25) is 5.91 Å². The van der Waals surface area contributed by atoms with Crippen molar-refractivity contribution in [3.05, 3.63) is 58.5 Å². The van der Waals surface area contributed by atoms with Crippen molar-refractivity contribution in [2.75, 3.05) is 5.75 Å². The van der Waals surface area contributed by atoms with Crippen molar-refractivity contribution in [2.24, 2.45) is 0 Å². The molecule has 7 nitrogen and oxygen atoms in total. The van der Waals surface area contributed by atoms with Crippen molar-refractivity contribution in [1.29, 1.82) is 0 Å². The van der Waals surface area contributed by atoms with Crippen LogP contribution in [-0.4, -0.2) is 26.0 Å². The number of nitrogens with one attached hydrogen (secondary N) is 1. The Morgan fingerprint density at radius 3 is 3.04 bits per heavy atom. The summed E-state index contributed by atoms with van der Waals surface area (Å²) in [6.07, 6.45) is 3.19. The second kappa shape index (κ2) is 6.66. The van der Waals surface area contributed by atoms with Crippen molar-refractivity contribution in [2.45, 2.75) is 18.6 Å². The van der Waals surface area contributed by atoms with Gasteiger partial charge in [0.05, 0.1) is 18.6 Å². The van der Waals surface area contributed by atoms with E-state index in [4.69, 9.17) is 4.42 Å². The van der Waals surface area contributed by atoms with Crippen LogP contribution in [0.5, 0.6) is 0 Å². The number of aromatic nitrogens is 3. The number of aryl methyl sites for hydroxylation is 1. The lowest BCUT2D eigenvalue weighted by molar-refractivity contribution is -0.118. The van der Waals surface area contributed by atoms with Gasteiger partial charge in [0, 0.05) is 6.20 Å². The largest absolute Gasteiger partial charge is 0.467 e. The van der Waals surface area contributed by atoms with Crippen LogP contribution in [0.15, 0.2) is 51.1 Å². The van der Waals surface area contributed by atoms with Crippen LogP contribution < -0.4 is 11.0 Å². The monoisotopic (exact) mass is 330 g/mol. The fourth-order valence-corrected chi connectivity index (χ4v) is 2.60. The highest BCUT2D eigenvalue weighted by Crippen LogP contribution is 2.12. The minimum absolute atomic E-state index is 0.127. The molecule has 23 heavy (non-hydrogen) atoms. The first kappa shape index (κ1) is 15.3. The molecule has 0 unspecified atom stereocenters. The third-order valence-corrected chi connectivity index (χ3v) is 3.92. The van der Waals surface area contributed by atoms with E-state index in [2.05, 4.69) is 15.3 Å². The number of furan rings is 1. The van der Waals surface area contributed by atoms with E-state index in [9.17, 15) is 9.59 Å². The molecular formula is C15H14N4O3S. The van der Waals surface area contributed by atoms with Gasteiger partial charge in [-0.2, -0.15) is 4.98 Å². The molecule has 8 heteroatoms. The average molecular weight is 330 g/mol. The highest BCUT2D eigenvalue weighted by atomic mass is 32.2. The van der Waals surface area contributed by atoms with Gasteiger partial charge in [0.25, 0.3) is 0 Å². The fourth-order valence-electron chi connectivity index (χ4n) is 1.94. The maximum Gasteiger partial charge on any atom is 0.355 e. The molecule has 0 fully saturated rings. The molecule has 0 radical (unpaired) electrons. The Kier molecular flexibility index (Phi) is 4.42. The summed E-state index contributed by atoms with van der Waals surface area (Å²) in [6, 6.07) is 7.15. The number of carbonyl (C=O) groups is 1. The molecular weight excluding hydrogens is 316 g/mol. The van der Waals surface area contributed by atoms with E-state index >= 15 is 0 Å². The van der Waals surface area contributed by atoms with E-state index in [-0.39, 0.29) is 16.8 Å². The first-order valence-electron chi connectivity index (χ1n) is 6.91. The van der Waals surface area contributed by atoms with Crippen LogP contribution >= 0.6 is 11.8 Å². The molecule has 1 N–H and O–H groups in total. The van der Waals surface area contributed by atoms with E-state index in [1.165, 1.54) is 4.40 Å². The van der Waals surface area contributed by atoms with Gasteiger partial charge in [-0.15, -0.1) is 0 Å². The normalized spacial score (nSPS) is 10.8. The van der Waals surface area contributed by atoms with E-state index in [1.807, 2.05) is 13.0 Å². The maximum atomic E-state index is 11.9. The summed E-state index contributed by atoms with van der Waals surface area (Å²) in [6.45, 7) is 2.24. The van der Waals surface area contributed by atoms with Gasteiger partial charge in [0.1, 0.15) is 11.4 Å². The summed E-state index contributed by atoms with van der Waals surface area (Å²) < 4.78 is 6.50. The number of amides is 1. The second-order valence-electron chi connectivity index (χ2n) is 4.87. The summed E-state index contributed by atoms with van der Waals surface area (Å²) in [5.41, 5.74) is 1.10. The topological polar surface area (TPSA) is 89.5 Å². The van der Waals surface area contributed by atoms with Crippen LogP contribution in [0, 0.1) is 6.92 Å². The number of pyridine rings is 1. The molecule has 1 amide bonds. The van der Waals surface area contributed by atoms with E-state index < -0.39 is 5.69 Å². The third kappa shape index (κ3) is 3.78. The zero-order valence-corrected chi connectivity index (χ0v) is 13.2. The Balaban J connectivity index is 1.64. The van der Waals surface area contributed by atoms with E-state index in [0.717, 1.165) is 17.3 Å². The quantitative estimate of drug-likeness (QED) is 0.711. The SMILES string of the molecule is Cc1ccn2c(=O)nc(SCC(=O)NCc3ccco3)nc2c1. The minimum atomic E-state index is -0.409. The lowest BCUT2D eigenvalue weighted by Crippen LogP contribution is -2.25. The van der Waals surface area contributed by atoms with Crippen LogP contribution in [0.2, 0.25) is 0 Å². The number of fused-ring (bicyclic) bond motifs is 1. The molecule has 0 aliphatic rings. The molecule has 3 aromatic heterocycles. The zero-order chi connectivity index (χ0) is 16.2. The smallest absolute Gasteiger partial charge is 0.355 e. The molecule has 0 aliphatic heterocycles. The molecule has 0 aliphatic carbocycles. The third-order valence-electron chi connectivity index (χ3n) is 3.07. The van der Waals surface area contributed by atoms with Gasteiger partial charge in [-0.1, -0.05) is 11.8 Å². The Morgan fingerprint density at radius 2 is 2.26 bits per heavy atom. The Hall–Kier alpha value is -2.61. The van der Waals surface area contributed by atoms with Crippen LogP contribution in [-0.2, 0) is 11.3 Å². The van der Waals surface area contributed by atoms with Crippen LogP contribution in [0.3, 0.4) is 0 Å². The molecule has 118 valence electrons. The van der Waals surface area contributed by atoms with Crippen molar-refractivity contribution >= 4 is 23.3 Å². The van der Waals surface area contributed by atoms with Crippen molar-refractivity contribution < 1.29 is 9.21 Å². The van der Waals surface area contributed by atoms with Crippen molar-refractivity contribution in [3.63, 3.8) is 0 Å². The number of thioether (sulfide) groups is 1. The number of hydrogen-bond acceptors (Lipinski definition) is 6. The highest BCUT2D eigenvalue weighted by Gasteiger charge is 2.08. The Labute approximate surface area is 135 Å². The molecule has 0 bridgehead atoms. The first-order chi connectivity index (χ1) is 11.1. The van der Waals surface area contributed by atoms with Gasteiger partial charge < -0.3 is 9.73 Å². The molecule has 0 aromatic carbocycles. The molecule has 0 atom stereocenters. The van der Waals surface area contributed by atoms with Gasteiger partial charge in [0.15, 0.2) is 5.16 Å². The Morgan fingerprint density at radius 1 is 1.39 bits per heavy atom. The first-order valence-corrected chi connectivity index (χ1v) is 7.89. The zero-order valence-electron chi connectivity index (χ0n) is 12.4. The molecule has 3 aromatic rings. The number of hydrogen-bond donors (Lipinski definition) is 1. The van der Waals surface area contributed by atoms with Crippen LogP contribution in [0.25, 0.3) is 5.65 Å². The van der Waals surface area contributed by atoms with Crippen molar-refractivity contribution in [1.82, 2.24) is 19.7 Å². The Bertz CT molecular complexity index is 889. The van der Waals surface area contributed by atoms with Gasteiger partial charge in [-0.05, 0) is 36.8 Å². The molecule has 3 rings (SSSR count). The predicted octanol–water partition coefficient (Wildman–Crippen LogP) is 1.40. The number of nitrogens with zero attached hydrogens (tertiary/aromatic N) is 3. The van der Waals surface area contributed by atoms with E-state index in [1.54, 1.807) is 30.7 Å². The predicted molar refractivity (Wildman–Crippen MR) is 85.3 cm³/mol. The lowest BCUT2D eigenvalue weighted by Gasteiger charge is -2.04. The maximum absolute atomic E-state index is 11.9. The van der Waals surface area contributed by atoms with Gasteiger partial charge in [-0.25, -0.2) is 9.78 Å². The van der Waals surface area contributed by atoms with Gasteiger partial charge in [-0.3, -0.25) is 9.20 Å². The summed E-state index contributed by atoms with van der Waals surface area (Å²) in [5, 5.41) is 3.01. The highest BCUT2D eigenvalue weighted by molar-refractivity contribution is 7.99. The fraction of sp³-hybridized carbons (Fsp3) is 0.200. The number of carbonyl (C=O) groups excluding carboxylic acids is 1. The summed E-state index contributed by atoms with van der Waals surface area (Å²) in [7, 11) is 0. The second-order valence-corrected chi connectivity index (χ2v) is 5.81. The minimum Gasteiger partial charge on any atom is -0.467 e. The van der Waals surface area contributed by atoms with Gasteiger partial charge >= 0.3 is 5.69 Å². The molecule has 0 spiro atoms. The van der Waals surface area contributed by atoms with Crippen LogP contribution in [0.1, 0.15) is 11.3 Å². The average Bonchev–Trinajstić information content (AvgIpc) is 3.04. The number of rotatable bonds is 5. The van der Waals surface area contributed by atoms with Crippen molar-refractivity contribution in [3.8, 4) is 0 Å².